The molecule has 41 heavy (non-hydrogen) atoms. The van der Waals surface area contributed by atoms with Gasteiger partial charge >= 0.3 is 0 Å². The molecule has 0 aromatic heterocycles. The molecule has 232 valence electrons. The molecule has 5 saturated heterocycles. The van der Waals surface area contributed by atoms with Gasteiger partial charge in [-0.3, -0.25) is 42.5 Å². The van der Waals surface area contributed by atoms with Crippen LogP contribution in [-0.2, 0) is 19.5 Å². The smallest absolute Gasteiger partial charge is 0.0628 e. The van der Waals surface area contributed by atoms with Gasteiger partial charge in [0.15, 0.2) is 0 Å². The van der Waals surface area contributed by atoms with Crippen LogP contribution in [0.3, 0.4) is 0 Å². The normalized spacial score (nSPS) is 56.2. The molecule has 8 N–H and O–H groups in total. The van der Waals surface area contributed by atoms with Crippen molar-refractivity contribution >= 4 is 0 Å². The molecule has 0 aromatic rings. The maximum absolute atomic E-state index is 4.26. The minimum absolute atomic E-state index is 0. The second-order valence-corrected chi connectivity index (χ2v) is 15.6. The summed E-state index contributed by atoms with van der Waals surface area (Å²) in [5, 5.41) is 33.8. The molecule has 4 saturated carbocycles. The van der Waals surface area contributed by atoms with E-state index in [4.69, 9.17) is 0 Å². The third-order valence-electron chi connectivity index (χ3n) is 13.8. The number of nitrogens with one attached hydrogen (secondary N) is 8. The Balaban J connectivity index is 0.00000256. The summed E-state index contributed by atoms with van der Waals surface area (Å²) in [6.07, 6.45) is 25.6. The first kappa shape index (κ1) is 28.8. The maximum atomic E-state index is 4.26. The maximum Gasteiger partial charge on any atom is 0.0628 e. The van der Waals surface area contributed by atoms with Crippen LogP contribution in [-0.4, -0.2) is 49.3 Å². The fourth-order valence-corrected chi connectivity index (χ4v) is 12.0. The van der Waals surface area contributed by atoms with Gasteiger partial charge in [0, 0.05) is 19.5 Å². The van der Waals surface area contributed by atoms with Crippen molar-refractivity contribution < 1.29 is 19.5 Å². The molecule has 0 radical (unpaired) electrons. The van der Waals surface area contributed by atoms with Crippen LogP contribution in [0, 0.1) is 47.3 Å². The summed E-state index contributed by atoms with van der Waals surface area (Å²) in [6.45, 7) is 0. The van der Waals surface area contributed by atoms with Crippen LogP contribution < -0.4 is 42.5 Å². The molecule has 4 aliphatic carbocycles. The predicted molar refractivity (Wildman–Crippen MR) is 157 cm³/mol. The zero-order valence-corrected chi connectivity index (χ0v) is 26.6. The minimum atomic E-state index is 0. The van der Waals surface area contributed by atoms with E-state index < -0.39 is 0 Å². The molecule has 9 heteroatoms. The molecule has 0 spiro atoms. The molecule has 5 aliphatic heterocycles. The third kappa shape index (κ3) is 5.04. The molecule has 9 aliphatic rings. The van der Waals surface area contributed by atoms with Crippen LogP contribution in [0.25, 0.3) is 0 Å². The summed E-state index contributed by atoms with van der Waals surface area (Å²) < 4.78 is 0. The van der Waals surface area contributed by atoms with Crippen molar-refractivity contribution in [3.63, 3.8) is 0 Å². The predicted octanol–water partition coefficient (Wildman–Crippen LogP) is 2.60. The van der Waals surface area contributed by atoms with Crippen LogP contribution in [0.5, 0.6) is 0 Å². The van der Waals surface area contributed by atoms with Crippen molar-refractivity contribution in [1.29, 1.82) is 0 Å². The van der Waals surface area contributed by atoms with Crippen LogP contribution in [0.2, 0.25) is 0 Å². The van der Waals surface area contributed by atoms with Crippen molar-refractivity contribution in [3.05, 3.63) is 0 Å². The molecule has 8 unspecified atom stereocenters. The Kier molecular flexibility index (Phi) is 8.35. The van der Waals surface area contributed by atoms with Crippen LogP contribution in [0.15, 0.2) is 0 Å². The Morgan fingerprint density at radius 2 is 0.341 bits per heavy atom. The molecule has 8 atom stereocenters. The molecule has 9 rings (SSSR count). The van der Waals surface area contributed by atoms with Gasteiger partial charge in [0.1, 0.15) is 0 Å². The van der Waals surface area contributed by atoms with Gasteiger partial charge in [-0.1, -0.05) is 51.4 Å². The van der Waals surface area contributed by atoms with Gasteiger partial charge in [-0.25, -0.2) is 0 Å². The van der Waals surface area contributed by atoms with E-state index in [0.29, 0.717) is 49.3 Å². The molecular weight excluding hydrogens is 597 g/mol. The topological polar surface area (TPSA) is 96.2 Å². The molecule has 9 fully saturated rings. The van der Waals surface area contributed by atoms with E-state index in [2.05, 4.69) is 42.5 Å². The monoisotopic (exact) mass is 654 g/mol. The molecule has 8 bridgehead atoms. The molecular formula is C32H56N8Ru. The van der Waals surface area contributed by atoms with E-state index in [9.17, 15) is 0 Å². The van der Waals surface area contributed by atoms with Crippen LogP contribution in [0.1, 0.15) is 103 Å². The standard InChI is InChI=1S/C32H56N8.Ru/c1-2-10-18-17(9-1)25-33-26(18)38-28-21-13-5-6-14-22(21)30(35-28)40-32-24-16-8-7-15-23(24)31(36-32)39-29-20-12-4-3-11-19(20)27(34-29)37-25;/h17-40H,1-16H2;. The Morgan fingerprint density at radius 3 is 0.463 bits per heavy atom. The second-order valence-electron chi connectivity index (χ2n) is 15.6. The van der Waals surface area contributed by atoms with Crippen molar-refractivity contribution in [3.8, 4) is 0 Å². The summed E-state index contributed by atoms with van der Waals surface area (Å²) in [4.78, 5) is 0. The fraction of sp³-hybridized carbons (Fsp3) is 1.00. The van der Waals surface area contributed by atoms with Gasteiger partial charge in [0.05, 0.1) is 49.3 Å². The number of hydrogen-bond acceptors (Lipinski definition) is 8. The largest absolute Gasteiger partial charge is 0.286 e. The van der Waals surface area contributed by atoms with E-state index >= 15 is 0 Å². The quantitative estimate of drug-likeness (QED) is 0.189. The number of rotatable bonds is 0. The number of fused-ring (bicyclic) bond motifs is 20. The van der Waals surface area contributed by atoms with Gasteiger partial charge in [-0.2, -0.15) is 0 Å². The van der Waals surface area contributed by atoms with Gasteiger partial charge in [0.2, 0.25) is 0 Å². The molecule has 0 aromatic carbocycles. The Hall–Kier alpha value is 0.303. The average molecular weight is 654 g/mol. The van der Waals surface area contributed by atoms with Gasteiger partial charge < -0.3 is 0 Å². The van der Waals surface area contributed by atoms with Gasteiger partial charge in [-0.15, -0.1) is 0 Å². The SMILES string of the molecule is C1CCC2C3NC(NC4NC(NC5NC(NC6NC(N3)C3CCCCC63)C3CCCCC53)C3CCCCC43)C2C1.[Ru]. The first-order chi connectivity index (χ1) is 19.8. The zero-order valence-electron chi connectivity index (χ0n) is 24.9. The van der Waals surface area contributed by atoms with Crippen molar-refractivity contribution in [1.82, 2.24) is 42.5 Å². The molecule has 0 amide bonds. The third-order valence-corrected chi connectivity index (χ3v) is 13.8. The molecule has 8 nitrogen and oxygen atoms in total. The van der Waals surface area contributed by atoms with Gasteiger partial charge in [-0.05, 0) is 98.7 Å². The summed E-state index contributed by atoms with van der Waals surface area (Å²) in [5.74, 6) is 5.97. The molecule has 5 heterocycles. The van der Waals surface area contributed by atoms with Crippen molar-refractivity contribution in [2.75, 3.05) is 0 Å². The van der Waals surface area contributed by atoms with E-state index in [0.717, 1.165) is 47.3 Å². The second kappa shape index (κ2) is 11.9. The Labute approximate surface area is 260 Å². The van der Waals surface area contributed by atoms with E-state index in [1.807, 2.05) is 0 Å². The minimum Gasteiger partial charge on any atom is -0.286 e. The Morgan fingerprint density at radius 1 is 0.220 bits per heavy atom. The summed E-state index contributed by atoms with van der Waals surface area (Å²) in [5.41, 5.74) is 0. The van der Waals surface area contributed by atoms with E-state index in [-0.39, 0.29) is 19.5 Å². The average Bonchev–Trinajstić information content (AvgIpc) is 3.73. The number of hydrogen-bond donors (Lipinski definition) is 8. The van der Waals surface area contributed by atoms with Crippen LogP contribution >= 0.6 is 0 Å². The van der Waals surface area contributed by atoms with E-state index in [1.165, 1.54) is 103 Å². The van der Waals surface area contributed by atoms with E-state index in [1.54, 1.807) is 0 Å². The van der Waals surface area contributed by atoms with Crippen LogP contribution in [0.4, 0.5) is 0 Å². The zero-order chi connectivity index (χ0) is 26.2. The van der Waals surface area contributed by atoms with Crippen molar-refractivity contribution in [2.45, 2.75) is 152 Å². The summed E-state index contributed by atoms with van der Waals surface area (Å²) in [7, 11) is 0. The Bertz CT molecular complexity index is 716. The summed E-state index contributed by atoms with van der Waals surface area (Å²) in [6, 6.07) is 0. The van der Waals surface area contributed by atoms with Gasteiger partial charge in [0.25, 0.3) is 0 Å². The fourth-order valence-electron chi connectivity index (χ4n) is 12.0. The first-order valence-electron chi connectivity index (χ1n) is 17.9. The van der Waals surface area contributed by atoms with Crippen molar-refractivity contribution in [2.24, 2.45) is 47.3 Å². The first-order valence-corrected chi connectivity index (χ1v) is 17.9. The summed E-state index contributed by atoms with van der Waals surface area (Å²) >= 11 is 0.